The zero-order valence-electron chi connectivity index (χ0n) is 14.3. The number of amides is 1. The molecule has 1 aromatic carbocycles. The molecule has 0 radical (unpaired) electrons. The van der Waals surface area contributed by atoms with E-state index in [1.807, 2.05) is 0 Å². The number of alkyl halides is 3. The maximum atomic E-state index is 13.0. The molecule has 1 unspecified atom stereocenters. The van der Waals surface area contributed by atoms with Crippen molar-refractivity contribution in [1.29, 1.82) is 0 Å². The lowest BCUT2D eigenvalue weighted by atomic mass is 9.97. The SMILES string of the molecule is CC(C)(C)N(C(=O)O)C(CNS(C)(=O)=O)c1cccc(C(F)(F)F)c1. The number of halogens is 3. The van der Waals surface area contributed by atoms with Crippen LogP contribution in [0.4, 0.5) is 18.0 Å². The first kappa shape index (κ1) is 21.2. The first-order valence-corrected chi connectivity index (χ1v) is 9.16. The molecular weight excluding hydrogens is 361 g/mol. The van der Waals surface area contributed by atoms with Crippen molar-refractivity contribution in [3.8, 4) is 0 Å². The van der Waals surface area contributed by atoms with Crippen molar-refractivity contribution in [2.45, 2.75) is 38.5 Å². The topological polar surface area (TPSA) is 86.7 Å². The van der Waals surface area contributed by atoms with Gasteiger partial charge in [-0.15, -0.1) is 0 Å². The molecule has 0 aromatic heterocycles. The van der Waals surface area contributed by atoms with Crippen LogP contribution in [0.1, 0.15) is 37.9 Å². The fraction of sp³-hybridized carbons (Fsp3) is 0.533. The highest BCUT2D eigenvalue weighted by Gasteiger charge is 2.36. The molecule has 1 rings (SSSR count). The van der Waals surface area contributed by atoms with Gasteiger partial charge >= 0.3 is 12.3 Å². The second-order valence-electron chi connectivity index (χ2n) is 6.58. The normalized spacial score (nSPS) is 14.2. The largest absolute Gasteiger partial charge is 0.465 e. The Bertz CT molecular complexity index is 727. The number of benzene rings is 1. The quantitative estimate of drug-likeness (QED) is 0.819. The average molecular weight is 382 g/mol. The summed E-state index contributed by atoms with van der Waals surface area (Å²) < 4.78 is 63.8. The van der Waals surface area contributed by atoms with Gasteiger partial charge in [0.05, 0.1) is 17.9 Å². The van der Waals surface area contributed by atoms with Crippen LogP contribution in [0.2, 0.25) is 0 Å². The highest BCUT2D eigenvalue weighted by Crippen LogP contribution is 2.34. The van der Waals surface area contributed by atoms with Crippen molar-refractivity contribution in [1.82, 2.24) is 9.62 Å². The van der Waals surface area contributed by atoms with E-state index in [0.29, 0.717) is 0 Å². The third kappa shape index (κ3) is 6.20. The number of carboxylic acid groups (broad SMARTS) is 1. The molecule has 1 aromatic rings. The summed E-state index contributed by atoms with van der Waals surface area (Å²) in [5, 5.41) is 9.53. The van der Waals surface area contributed by atoms with Crippen LogP contribution in [0.3, 0.4) is 0 Å². The van der Waals surface area contributed by atoms with Crippen molar-refractivity contribution in [3.63, 3.8) is 0 Å². The molecule has 0 aliphatic rings. The lowest BCUT2D eigenvalue weighted by Gasteiger charge is -2.40. The fourth-order valence-corrected chi connectivity index (χ4v) is 2.86. The molecule has 0 spiro atoms. The van der Waals surface area contributed by atoms with Crippen molar-refractivity contribution >= 4 is 16.1 Å². The van der Waals surface area contributed by atoms with Gasteiger partial charge in [-0.05, 0) is 38.5 Å². The molecule has 0 heterocycles. The summed E-state index contributed by atoms with van der Waals surface area (Å²) in [5.74, 6) is 0. The third-order valence-corrected chi connectivity index (χ3v) is 4.07. The van der Waals surface area contributed by atoms with Crippen LogP contribution in [0, 0.1) is 0 Å². The third-order valence-electron chi connectivity index (χ3n) is 3.38. The van der Waals surface area contributed by atoms with Gasteiger partial charge in [-0.2, -0.15) is 13.2 Å². The monoisotopic (exact) mass is 382 g/mol. The molecular formula is C15H21F3N2O4S. The molecule has 0 saturated carbocycles. The molecule has 10 heteroatoms. The Morgan fingerprint density at radius 3 is 2.24 bits per heavy atom. The summed E-state index contributed by atoms with van der Waals surface area (Å²) in [5.41, 5.74) is -1.86. The molecule has 25 heavy (non-hydrogen) atoms. The Morgan fingerprint density at radius 1 is 1.28 bits per heavy atom. The van der Waals surface area contributed by atoms with Gasteiger partial charge in [0.1, 0.15) is 0 Å². The molecule has 0 aliphatic carbocycles. The van der Waals surface area contributed by atoms with E-state index in [0.717, 1.165) is 29.4 Å². The molecule has 6 nitrogen and oxygen atoms in total. The lowest BCUT2D eigenvalue weighted by Crippen LogP contribution is -2.50. The van der Waals surface area contributed by atoms with Gasteiger partial charge < -0.3 is 5.11 Å². The van der Waals surface area contributed by atoms with E-state index in [1.165, 1.54) is 6.07 Å². The number of hydrogen-bond donors (Lipinski definition) is 2. The van der Waals surface area contributed by atoms with Gasteiger partial charge in [0.25, 0.3) is 0 Å². The number of rotatable bonds is 5. The zero-order chi connectivity index (χ0) is 19.6. The van der Waals surface area contributed by atoms with Gasteiger partial charge in [0, 0.05) is 12.1 Å². The predicted octanol–water partition coefficient (Wildman–Crippen LogP) is 3.07. The van der Waals surface area contributed by atoms with E-state index in [4.69, 9.17) is 0 Å². The highest BCUT2D eigenvalue weighted by molar-refractivity contribution is 7.88. The van der Waals surface area contributed by atoms with Crippen molar-refractivity contribution < 1.29 is 31.5 Å². The first-order valence-electron chi connectivity index (χ1n) is 7.27. The standard InChI is InChI=1S/C15H21F3N2O4S/c1-14(2,3)20(13(21)22)12(9-19-25(4,23)24)10-6-5-7-11(8-10)15(16,17)18/h5-8,12,19H,9H2,1-4H3,(H,21,22). The minimum Gasteiger partial charge on any atom is -0.465 e. The van der Waals surface area contributed by atoms with Crippen LogP contribution in [-0.4, -0.2) is 42.9 Å². The van der Waals surface area contributed by atoms with E-state index in [9.17, 15) is 31.5 Å². The number of nitrogens with one attached hydrogen (secondary N) is 1. The Morgan fingerprint density at radius 2 is 1.84 bits per heavy atom. The van der Waals surface area contributed by atoms with E-state index >= 15 is 0 Å². The van der Waals surface area contributed by atoms with Gasteiger partial charge in [-0.3, -0.25) is 4.90 Å². The van der Waals surface area contributed by atoms with Gasteiger partial charge in [0.2, 0.25) is 10.0 Å². The number of nitrogens with zero attached hydrogens (tertiary/aromatic N) is 1. The number of hydrogen-bond acceptors (Lipinski definition) is 3. The van der Waals surface area contributed by atoms with Crippen LogP contribution in [-0.2, 0) is 16.2 Å². The molecule has 1 atom stereocenters. The van der Waals surface area contributed by atoms with E-state index in [2.05, 4.69) is 4.72 Å². The molecule has 0 fully saturated rings. The average Bonchev–Trinajstić information content (AvgIpc) is 2.39. The second-order valence-corrected chi connectivity index (χ2v) is 8.42. The van der Waals surface area contributed by atoms with Crippen molar-refractivity contribution in [2.75, 3.05) is 12.8 Å². The molecule has 2 N–H and O–H groups in total. The summed E-state index contributed by atoms with van der Waals surface area (Å²) in [6.07, 6.45) is -5.08. The van der Waals surface area contributed by atoms with Crippen LogP contribution in [0.15, 0.2) is 24.3 Å². The van der Waals surface area contributed by atoms with Gasteiger partial charge in [0.15, 0.2) is 0 Å². The molecule has 0 saturated heterocycles. The summed E-state index contributed by atoms with van der Waals surface area (Å²) in [4.78, 5) is 12.6. The molecule has 0 aliphatic heterocycles. The second kappa shape index (κ2) is 7.20. The summed E-state index contributed by atoms with van der Waals surface area (Å²) in [6, 6.07) is 3.07. The maximum Gasteiger partial charge on any atom is 0.416 e. The van der Waals surface area contributed by atoms with Crippen LogP contribution < -0.4 is 4.72 Å². The van der Waals surface area contributed by atoms with Crippen molar-refractivity contribution in [2.24, 2.45) is 0 Å². The fourth-order valence-electron chi connectivity index (χ4n) is 2.40. The molecule has 0 bridgehead atoms. The first-order chi connectivity index (χ1) is 11.1. The minimum atomic E-state index is -4.60. The van der Waals surface area contributed by atoms with E-state index in [1.54, 1.807) is 20.8 Å². The summed E-state index contributed by atoms with van der Waals surface area (Å²) >= 11 is 0. The Kier molecular flexibility index (Phi) is 6.12. The Hall–Kier alpha value is -1.81. The molecule has 142 valence electrons. The summed E-state index contributed by atoms with van der Waals surface area (Å²) in [7, 11) is -3.66. The zero-order valence-corrected chi connectivity index (χ0v) is 15.1. The van der Waals surface area contributed by atoms with Crippen LogP contribution in [0.25, 0.3) is 0 Å². The maximum absolute atomic E-state index is 13.0. The van der Waals surface area contributed by atoms with Crippen LogP contribution in [0.5, 0.6) is 0 Å². The Labute approximate surface area is 144 Å². The van der Waals surface area contributed by atoms with Crippen molar-refractivity contribution in [3.05, 3.63) is 35.4 Å². The lowest BCUT2D eigenvalue weighted by molar-refractivity contribution is -0.137. The van der Waals surface area contributed by atoms with E-state index in [-0.39, 0.29) is 12.1 Å². The van der Waals surface area contributed by atoms with Gasteiger partial charge in [-0.25, -0.2) is 17.9 Å². The van der Waals surface area contributed by atoms with Crippen LogP contribution >= 0.6 is 0 Å². The smallest absolute Gasteiger partial charge is 0.416 e. The minimum absolute atomic E-state index is 0.0447. The predicted molar refractivity (Wildman–Crippen MR) is 86.6 cm³/mol. The van der Waals surface area contributed by atoms with E-state index < -0.39 is 39.4 Å². The highest BCUT2D eigenvalue weighted by atomic mass is 32.2. The summed E-state index contributed by atoms with van der Waals surface area (Å²) in [6.45, 7) is 4.33. The van der Waals surface area contributed by atoms with Gasteiger partial charge in [-0.1, -0.05) is 12.1 Å². The number of carbonyl (C=O) groups is 1. The Balaban J connectivity index is 3.43. The molecule has 1 amide bonds. The number of sulfonamides is 1.